The average molecular weight is 488 g/mol. The van der Waals surface area contributed by atoms with E-state index in [1.165, 1.54) is 37.1 Å². The van der Waals surface area contributed by atoms with Crippen LogP contribution in [0.3, 0.4) is 0 Å². The highest BCUT2D eigenvalue weighted by molar-refractivity contribution is 7.87. The number of aliphatic hydroxyl groups is 1. The number of nitrogens with zero attached hydrogens (tertiary/aromatic N) is 1. The topological polar surface area (TPSA) is 145 Å². The first-order chi connectivity index (χ1) is 16.4. The van der Waals surface area contributed by atoms with Crippen LogP contribution in [-0.4, -0.2) is 48.7 Å². The van der Waals surface area contributed by atoms with Gasteiger partial charge in [-0.2, -0.15) is 8.42 Å². The van der Waals surface area contributed by atoms with Crippen molar-refractivity contribution in [3.05, 3.63) is 42.5 Å². The Labute approximate surface area is 198 Å². The summed E-state index contributed by atoms with van der Waals surface area (Å²) in [7, 11) is -4.01. The smallest absolute Gasteiger partial charge is 0.339 e. The monoisotopic (exact) mass is 487 g/mol. The van der Waals surface area contributed by atoms with Gasteiger partial charge in [0.15, 0.2) is 0 Å². The van der Waals surface area contributed by atoms with Crippen LogP contribution in [0.1, 0.15) is 38.5 Å². The summed E-state index contributed by atoms with van der Waals surface area (Å²) in [6.07, 6.45) is 5.97. The molecule has 1 aromatic heterocycles. The molecule has 0 radical (unpaired) electrons. The lowest BCUT2D eigenvalue weighted by Gasteiger charge is -2.14. The zero-order valence-electron chi connectivity index (χ0n) is 18.7. The van der Waals surface area contributed by atoms with Gasteiger partial charge in [-0.1, -0.05) is 12.8 Å². The molecule has 2 aromatic carbocycles. The molecule has 1 aliphatic carbocycles. The van der Waals surface area contributed by atoms with Crippen LogP contribution in [0.4, 0.5) is 16.4 Å². The highest BCUT2D eigenvalue weighted by Gasteiger charge is 2.19. The Balaban J connectivity index is 1.38. The van der Waals surface area contributed by atoms with E-state index in [-0.39, 0.29) is 23.2 Å². The van der Waals surface area contributed by atoms with Crippen LogP contribution in [0.5, 0.6) is 5.75 Å². The predicted molar refractivity (Wildman–Crippen MR) is 130 cm³/mol. The van der Waals surface area contributed by atoms with Crippen molar-refractivity contribution in [2.45, 2.75) is 49.5 Å². The van der Waals surface area contributed by atoms with Crippen LogP contribution in [0.25, 0.3) is 11.0 Å². The van der Waals surface area contributed by atoms with Crippen LogP contribution in [0, 0.1) is 0 Å². The van der Waals surface area contributed by atoms with Crippen molar-refractivity contribution in [3.8, 4) is 5.75 Å². The molecule has 4 rings (SSSR count). The van der Waals surface area contributed by atoms with Crippen LogP contribution in [0.15, 0.2) is 47.4 Å². The third-order valence-electron chi connectivity index (χ3n) is 5.63. The highest BCUT2D eigenvalue weighted by Crippen LogP contribution is 2.26. The molecule has 34 heavy (non-hydrogen) atoms. The number of fused-ring (bicyclic) bond motifs is 1. The van der Waals surface area contributed by atoms with Crippen molar-refractivity contribution in [1.82, 2.24) is 15.3 Å². The van der Waals surface area contributed by atoms with Crippen molar-refractivity contribution >= 4 is 38.8 Å². The largest absolute Gasteiger partial charge is 0.396 e. The number of carbonyl (C=O) groups is 1. The maximum absolute atomic E-state index is 12.7. The number of aromatic nitrogens is 2. The molecule has 0 saturated heterocycles. The predicted octanol–water partition coefficient (Wildman–Crippen LogP) is 3.58. The van der Waals surface area contributed by atoms with Gasteiger partial charge < -0.3 is 24.9 Å². The third kappa shape index (κ3) is 6.17. The second kappa shape index (κ2) is 10.7. The van der Waals surface area contributed by atoms with Crippen molar-refractivity contribution in [3.63, 3.8) is 0 Å². The van der Waals surface area contributed by atoms with Gasteiger partial charge in [0.25, 0.3) is 0 Å². The molecule has 2 amide bonds. The summed E-state index contributed by atoms with van der Waals surface area (Å²) in [5.74, 6) is 0.351. The van der Waals surface area contributed by atoms with E-state index in [1.54, 1.807) is 18.2 Å². The molecule has 1 saturated carbocycles. The van der Waals surface area contributed by atoms with Gasteiger partial charge >= 0.3 is 16.1 Å². The van der Waals surface area contributed by atoms with Crippen molar-refractivity contribution in [2.24, 2.45) is 0 Å². The summed E-state index contributed by atoms with van der Waals surface area (Å²) in [4.78, 5) is 19.2. The summed E-state index contributed by atoms with van der Waals surface area (Å²) in [6.45, 7) is 0.510. The Kier molecular flexibility index (Phi) is 7.53. The number of hydrogen-bond acceptors (Lipinski definition) is 7. The molecule has 1 fully saturated rings. The second-order valence-electron chi connectivity index (χ2n) is 8.26. The van der Waals surface area contributed by atoms with Crippen LogP contribution in [-0.2, 0) is 10.1 Å². The average Bonchev–Trinajstić information content (AvgIpc) is 3.46. The van der Waals surface area contributed by atoms with Crippen molar-refractivity contribution in [1.29, 1.82) is 0 Å². The Morgan fingerprint density at radius 3 is 2.62 bits per heavy atom. The first-order valence-corrected chi connectivity index (χ1v) is 12.8. The normalized spacial score (nSPS) is 14.3. The van der Waals surface area contributed by atoms with Crippen LogP contribution in [0.2, 0.25) is 0 Å². The molecular formula is C23H29N5O5S. The molecule has 11 heteroatoms. The van der Waals surface area contributed by atoms with Crippen LogP contribution < -0.4 is 20.1 Å². The molecule has 0 bridgehead atoms. The Hall–Kier alpha value is -3.31. The molecule has 0 unspecified atom stereocenters. The molecule has 0 atom stereocenters. The van der Waals surface area contributed by atoms with Crippen molar-refractivity contribution in [2.75, 3.05) is 23.8 Å². The minimum absolute atomic E-state index is 0.0643. The van der Waals surface area contributed by atoms with Gasteiger partial charge in [-0.15, -0.1) is 0 Å². The number of unbranched alkanes of at least 4 members (excludes halogenated alkanes) is 1. The fourth-order valence-electron chi connectivity index (χ4n) is 3.89. The van der Waals surface area contributed by atoms with E-state index >= 15 is 0 Å². The summed E-state index contributed by atoms with van der Waals surface area (Å²) in [6, 6.07) is 11.2. The summed E-state index contributed by atoms with van der Waals surface area (Å²) in [5.41, 5.74) is 1.95. The Morgan fingerprint density at radius 1 is 1.12 bits per heavy atom. The molecule has 5 N–H and O–H groups in total. The summed E-state index contributed by atoms with van der Waals surface area (Å²) < 4.78 is 30.8. The number of H-pyrrole nitrogens is 1. The number of anilines is 2. The standard InChI is InChI=1S/C23H29N5O5S/c29-14-4-3-13-24-23(30)28-22-26-20-12-9-18(15-21(20)27-22)33-34(31,32)19-10-7-17(8-11-19)25-16-5-1-2-6-16/h7-12,15-16,25,29H,1-6,13-14H2,(H3,24,26,27,28,30). The van der Waals surface area contributed by atoms with E-state index in [9.17, 15) is 13.2 Å². The number of amides is 2. The quantitative estimate of drug-likeness (QED) is 0.217. The Morgan fingerprint density at radius 2 is 1.88 bits per heavy atom. The fraction of sp³-hybridized carbons (Fsp3) is 0.391. The lowest BCUT2D eigenvalue weighted by atomic mass is 10.2. The molecule has 1 heterocycles. The van der Waals surface area contributed by atoms with E-state index in [0.29, 0.717) is 36.5 Å². The second-order valence-corrected chi connectivity index (χ2v) is 9.81. The molecule has 3 aromatic rings. The number of urea groups is 1. The number of rotatable bonds is 10. The van der Waals surface area contributed by atoms with E-state index in [0.717, 1.165) is 18.5 Å². The van der Waals surface area contributed by atoms with E-state index in [4.69, 9.17) is 9.29 Å². The summed E-state index contributed by atoms with van der Waals surface area (Å²) in [5, 5.41) is 17.5. The van der Waals surface area contributed by atoms with E-state index in [2.05, 4.69) is 25.9 Å². The highest BCUT2D eigenvalue weighted by atomic mass is 32.2. The van der Waals surface area contributed by atoms with Gasteiger partial charge in [0.2, 0.25) is 5.95 Å². The van der Waals surface area contributed by atoms with Gasteiger partial charge in [0.1, 0.15) is 10.6 Å². The van der Waals surface area contributed by atoms with Gasteiger partial charge in [-0.05, 0) is 62.1 Å². The molecule has 0 spiro atoms. The lowest BCUT2D eigenvalue weighted by molar-refractivity contribution is 0.250. The first-order valence-electron chi connectivity index (χ1n) is 11.4. The molecule has 10 nitrogen and oxygen atoms in total. The lowest BCUT2D eigenvalue weighted by Crippen LogP contribution is -2.30. The zero-order chi connectivity index (χ0) is 24.0. The molecule has 1 aliphatic rings. The van der Waals surface area contributed by atoms with Gasteiger partial charge in [0.05, 0.1) is 11.0 Å². The zero-order valence-corrected chi connectivity index (χ0v) is 19.5. The number of imidazole rings is 1. The number of hydrogen-bond donors (Lipinski definition) is 5. The summed E-state index contributed by atoms with van der Waals surface area (Å²) >= 11 is 0. The number of nitrogens with one attached hydrogen (secondary N) is 4. The molecular weight excluding hydrogens is 458 g/mol. The third-order valence-corrected chi connectivity index (χ3v) is 6.89. The first kappa shape index (κ1) is 23.8. The van der Waals surface area contributed by atoms with Crippen molar-refractivity contribution < 1.29 is 22.5 Å². The van der Waals surface area contributed by atoms with Crippen LogP contribution >= 0.6 is 0 Å². The number of benzene rings is 2. The minimum Gasteiger partial charge on any atom is -0.396 e. The number of carbonyl (C=O) groups excluding carboxylic acids is 1. The SMILES string of the molecule is O=C(NCCCCO)Nc1nc2ccc(OS(=O)(=O)c3ccc(NC4CCCC4)cc3)cc2[nH]1. The Bertz CT molecular complexity index is 1220. The molecule has 0 aliphatic heterocycles. The molecule has 182 valence electrons. The maximum Gasteiger partial charge on any atom is 0.339 e. The maximum atomic E-state index is 12.7. The number of aliphatic hydroxyl groups excluding tert-OH is 1. The number of aromatic amines is 1. The van der Waals surface area contributed by atoms with Gasteiger partial charge in [-0.25, -0.2) is 9.78 Å². The van der Waals surface area contributed by atoms with Gasteiger partial charge in [0, 0.05) is 30.9 Å². The van der Waals surface area contributed by atoms with E-state index < -0.39 is 16.1 Å². The fourth-order valence-corrected chi connectivity index (χ4v) is 4.81. The van der Waals surface area contributed by atoms with Gasteiger partial charge in [-0.3, -0.25) is 5.32 Å². The van der Waals surface area contributed by atoms with E-state index in [1.807, 2.05) is 0 Å². The minimum atomic E-state index is -4.01.